The molecule has 1 amide bonds. The number of carbonyl (C=O) groups excluding carboxylic acids is 1. The maximum Gasteiger partial charge on any atom is 0.265 e. The van der Waals surface area contributed by atoms with Crippen LogP contribution in [0.2, 0.25) is 5.02 Å². The molecule has 0 radical (unpaired) electrons. The lowest BCUT2D eigenvalue weighted by Crippen LogP contribution is -2.48. The number of hydrogen-bond donors (Lipinski definition) is 0. The molecule has 154 valence electrons. The van der Waals surface area contributed by atoms with Crippen LogP contribution in [0.25, 0.3) is 20.3 Å². The average molecular weight is 458 g/mol. The highest BCUT2D eigenvalue weighted by atomic mass is 35.5. The zero-order valence-corrected chi connectivity index (χ0v) is 18.8. The number of fused-ring (bicyclic) bond motifs is 2. The Labute approximate surface area is 187 Å². The van der Waals surface area contributed by atoms with E-state index in [1.54, 1.807) is 11.3 Å². The van der Waals surface area contributed by atoms with Gasteiger partial charge >= 0.3 is 0 Å². The van der Waals surface area contributed by atoms with Crippen LogP contribution in [0.3, 0.4) is 0 Å². The molecule has 1 aliphatic heterocycles. The second kappa shape index (κ2) is 8.06. The Balaban J connectivity index is 1.32. The number of hydrogen-bond acceptors (Lipinski definition) is 6. The van der Waals surface area contributed by atoms with E-state index in [4.69, 9.17) is 21.3 Å². The quantitative estimate of drug-likeness (QED) is 0.404. The van der Waals surface area contributed by atoms with E-state index in [0.717, 1.165) is 44.3 Å². The van der Waals surface area contributed by atoms with Crippen LogP contribution in [0, 0.1) is 0 Å². The number of nitrogens with zero attached hydrogens (tertiary/aromatic N) is 3. The number of thiazole rings is 1. The molecule has 5 rings (SSSR count). The normalized spacial score (nSPS) is 14.6. The fourth-order valence-electron chi connectivity index (χ4n) is 3.71. The molecule has 8 heteroatoms. The van der Waals surface area contributed by atoms with Crippen LogP contribution in [-0.2, 0) is 0 Å². The maximum absolute atomic E-state index is 13.1. The lowest BCUT2D eigenvalue weighted by molar-refractivity contribution is 0.0752. The third kappa shape index (κ3) is 3.41. The maximum atomic E-state index is 13.1. The van der Waals surface area contributed by atoms with Crippen molar-refractivity contribution in [3.63, 3.8) is 0 Å². The van der Waals surface area contributed by atoms with Crippen LogP contribution in [0.5, 0.6) is 5.75 Å². The summed E-state index contributed by atoms with van der Waals surface area (Å²) in [5, 5.41) is 2.49. The molecule has 4 aromatic rings. The Morgan fingerprint density at radius 2 is 1.83 bits per heavy atom. The van der Waals surface area contributed by atoms with Crippen molar-refractivity contribution in [3.8, 4) is 5.75 Å². The number of ether oxygens (including phenoxy) is 1. The van der Waals surface area contributed by atoms with Gasteiger partial charge < -0.3 is 14.5 Å². The van der Waals surface area contributed by atoms with E-state index >= 15 is 0 Å². The minimum absolute atomic E-state index is 0.0174. The van der Waals surface area contributed by atoms with Crippen molar-refractivity contribution in [2.24, 2.45) is 0 Å². The summed E-state index contributed by atoms with van der Waals surface area (Å²) < 4.78 is 7.88. The molecule has 30 heavy (non-hydrogen) atoms. The SMILES string of the molecule is CCOc1cccc2sc(N3CCN(C(=O)c4sc5ccccc5c4Cl)CC3)nc12. The van der Waals surface area contributed by atoms with E-state index in [1.807, 2.05) is 48.2 Å². The summed E-state index contributed by atoms with van der Waals surface area (Å²) in [6, 6.07) is 13.9. The molecule has 0 unspecified atom stereocenters. The Morgan fingerprint density at radius 1 is 1.07 bits per heavy atom. The minimum Gasteiger partial charge on any atom is -0.492 e. The lowest BCUT2D eigenvalue weighted by atomic mass is 10.2. The lowest BCUT2D eigenvalue weighted by Gasteiger charge is -2.34. The van der Waals surface area contributed by atoms with Crippen molar-refractivity contribution in [1.82, 2.24) is 9.88 Å². The summed E-state index contributed by atoms with van der Waals surface area (Å²) in [4.78, 5) is 22.7. The fraction of sp³-hybridized carbons (Fsp3) is 0.273. The first-order valence-corrected chi connectivity index (χ1v) is 11.9. The van der Waals surface area contributed by atoms with Crippen molar-refractivity contribution in [2.75, 3.05) is 37.7 Å². The smallest absolute Gasteiger partial charge is 0.265 e. The van der Waals surface area contributed by atoms with Gasteiger partial charge in [0.1, 0.15) is 16.1 Å². The summed E-state index contributed by atoms with van der Waals surface area (Å²) in [7, 11) is 0. The van der Waals surface area contributed by atoms with Crippen LogP contribution < -0.4 is 9.64 Å². The topological polar surface area (TPSA) is 45.7 Å². The average Bonchev–Trinajstić information content (AvgIpc) is 3.36. The second-order valence-corrected chi connectivity index (χ2v) is 9.49. The number of aromatic nitrogens is 1. The van der Waals surface area contributed by atoms with Crippen LogP contribution >= 0.6 is 34.3 Å². The van der Waals surface area contributed by atoms with E-state index in [9.17, 15) is 4.79 Å². The number of carbonyl (C=O) groups is 1. The molecule has 2 aromatic heterocycles. The Bertz CT molecular complexity index is 1230. The second-order valence-electron chi connectivity index (χ2n) is 7.05. The van der Waals surface area contributed by atoms with Gasteiger partial charge in [-0.15, -0.1) is 11.3 Å². The van der Waals surface area contributed by atoms with Crippen molar-refractivity contribution in [3.05, 3.63) is 52.4 Å². The molecular formula is C22H20ClN3O2S2. The van der Waals surface area contributed by atoms with E-state index in [-0.39, 0.29) is 5.91 Å². The zero-order chi connectivity index (χ0) is 20.7. The van der Waals surface area contributed by atoms with Crippen LogP contribution in [0.15, 0.2) is 42.5 Å². The molecule has 0 atom stereocenters. The van der Waals surface area contributed by atoms with Gasteiger partial charge in [0, 0.05) is 36.3 Å². The first kappa shape index (κ1) is 19.6. The van der Waals surface area contributed by atoms with Gasteiger partial charge in [0.25, 0.3) is 5.91 Å². The fourth-order valence-corrected chi connectivity index (χ4v) is 6.23. The monoisotopic (exact) mass is 457 g/mol. The molecule has 5 nitrogen and oxygen atoms in total. The Hall–Kier alpha value is -2.35. The molecule has 1 aliphatic rings. The van der Waals surface area contributed by atoms with Gasteiger partial charge in [-0.2, -0.15) is 0 Å². The third-order valence-corrected chi connectivity index (χ3v) is 7.98. The number of benzene rings is 2. The van der Waals surface area contributed by atoms with E-state index in [2.05, 4.69) is 11.0 Å². The standard InChI is InChI=1S/C22H20ClN3O2S2/c1-2-28-15-7-5-9-17-19(15)24-22(30-17)26-12-10-25(11-13-26)21(27)20-18(23)14-6-3-4-8-16(14)29-20/h3-9H,2,10-13H2,1H3. The van der Waals surface area contributed by atoms with Gasteiger partial charge in [-0.3, -0.25) is 4.79 Å². The molecule has 0 saturated carbocycles. The molecular weight excluding hydrogens is 438 g/mol. The highest BCUT2D eigenvalue weighted by molar-refractivity contribution is 7.22. The highest BCUT2D eigenvalue weighted by Gasteiger charge is 2.27. The first-order chi connectivity index (χ1) is 14.7. The molecule has 0 bridgehead atoms. The summed E-state index contributed by atoms with van der Waals surface area (Å²) in [5.74, 6) is 0.842. The van der Waals surface area contributed by atoms with Gasteiger partial charge in [-0.25, -0.2) is 4.98 Å². The molecule has 3 heterocycles. The van der Waals surface area contributed by atoms with Crippen LogP contribution in [-0.4, -0.2) is 48.6 Å². The molecule has 0 spiro atoms. The van der Waals surface area contributed by atoms with Gasteiger partial charge in [0.15, 0.2) is 5.13 Å². The number of rotatable bonds is 4. The zero-order valence-electron chi connectivity index (χ0n) is 16.4. The molecule has 1 fully saturated rings. The Morgan fingerprint density at radius 3 is 2.60 bits per heavy atom. The summed E-state index contributed by atoms with van der Waals surface area (Å²) in [5.41, 5.74) is 0.912. The van der Waals surface area contributed by atoms with Crippen molar-refractivity contribution < 1.29 is 9.53 Å². The predicted octanol–water partition coefficient (Wildman–Crippen LogP) is 5.53. The number of amides is 1. The number of para-hydroxylation sites is 1. The molecule has 2 aromatic carbocycles. The Kier molecular flexibility index (Phi) is 5.26. The molecule has 0 aliphatic carbocycles. The number of piperazine rings is 1. The first-order valence-electron chi connectivity index (χ1n) is 9.89. The number of thiophene rings is 1. The van der Waals surface area contributed by atoms with Gasteiger partial charge in [-0.1, -0.05) is 47.2 Å². The summed E-state index contributed by atoms with van der Waals surface area (Å²) >= 11 is 9.65. The summed E-state index contributed by atoms with van der Waals surface area (Å²) in [6.07, 6.45) is 0. The van der Waals surface area contributed by atoms with Gasteiger partial charge in [0.05, 0.1) is 16.3 Å². The van der Waals surface area contributed by atoms with E-state index in [0.29, 0.717) is 29.6 Å². The van der Waals surface area contributed by atoms with E-state index in [1.165, 1.54) is 11.3 Å². The third-order valence-electron chi connectivity index (χ3n) is 5.24. The highest BCUT2D eigenvalue weighted by Crippen LogP contribution is 2.37. The summed E-state index contributed by atoms with van der Waals surface area (Å²) in [6.45, 7) is 5.39. The molecule has 1 saturated heterocycles. The largest absolute Gasteiger partial charge is 0.492 e. The van der Waals surface area contributed by atoms with Crippen LogP contribution in [0.1, 0.15) is 16.6 Å². The molecule has 0 N–H and O–H groups in total. The minimum atomic E-state index is 0.0174. The van der Waals surface area contributed by atoms with Gasteiger partial charge in [0.2, 0.25) is 0 Å². The number of anilines is 1. The number of halogens is 1. The predicted molar refractivity (Wildman–Crippen MR) is 126 cm³/mol. The van der Waals surface area contributed by atoms with Crippen LogP contribution in [0.4, 0.5) is 5.13 Å². The van der Waals surface area contributed by atoms with Crippen molar-refractivity contribution >= 4 is 65.6 Å². The van der Waals surface area contributed by atoms with Gasteiger partial charge in [-0.05, 0) is 25.1 Å². The van der Waals surface area contributed by atoms with E-state index < -0.39 is 0 Å². The van der Waals surface area contributed by atoms with Crippen molar-refractivity contribution in [1.29, 1.82) is 0 Å². The van der Waals surface area contributed by atoms with Crippen molar-refractivity contribution in [2.45, 2.75) is 6.92 Å².